The van der Waals surface area contributed by atoms with Gasteiger partial charge in [0.25, 0.3) is 11.8 Å². The molecule has 8 heteroatoms. The van der Waals surface area contributed by atoms with Crippen LogP contribution in [0.3, 0.4) is 0 Å². The standard InChI is InChI=1S/C24H21NO7/c1-10-8-16(26)15-9-14-11(6-7-13-19(14)24(30)25(31)23(13)29)18(20(15)21(10)27)12-4-3-5-17(32-2)22(12)28/h3-6,8,13-14,18-19,28,31H,7,9H2,1-2H3. The largest absolute Gasteiger partial charge is 0.504 e. The number of hydrogen-bond acceptors (Lipinski definition) is 7. The molecule has 1 aromatic rings. The lowest BCUT2D eigenvalue weighted by Crippen LogP contribution is -2.39. The van der Waals surface area contributed by atoms with Crippen LogP contribution in [0, 0.1) is 17.8 Å². The fraction of sp³-hybridized carbons (Fsp3) is 0.333. The summed E-state index contributed by atoms with van der Waals surface area (Å²) in [6, 6.07) is 4.93. The Bertz CT molecular complexity index is 1200. The van der Waals surface area contributed by atoms with Gasteiger partial charge in [0.15, 0.2) is 23.1 Å². The Morgan fingerprint density at radius 1 is 1.09 bits per heavy atom. The summed E-state index contributed by atoms with van der Waals surface area (Å²) in [5.74, 6) is -4.75. The van der Waals surface area contributed by atoms with Crippen molar-refractivity contribution < 1.29 is 34.2 Å². The highest BCUT2D eigenvalue weighted by molar-refractivity contribution is 6.23. The summed E-state index contributed by atoms with van der Waals surface area (Å²) in [7, 11) is 1.42. The van der Waals surface area contributed by atoms with Crippen LogP contribution >= 0.6 is 0 Å². The molecule has 164 valence electrons. The molecule has 32 heavy (non-hydrogen) atoms. The molecule has 2 amide bonds. The maximum atomic E-state index is 13.2. The third kappa shape index (κ3) is 2.59. The van der Waals surface area contributed by atoms with Crippen LogP contribution in [0.1, 0.15) is 31.2 Å². The van der Waals surface area contributed by atoms with Gasteiger partial charge in [-0.1, -0.05) is 23.8 Å². The number of amides is 2. The van der Waals surface area contributed by atoms with Gasteiger partial charge in [0, 0.05) is 28.2 Å². The topological polar surface area (TPSA) is 121 Å². The van der Waals surface area contributed by atoms with Crippen LogP contribution in [0.25, 0.3) is 0 Å². The highest BCUT2D eigenvalue weighted by Gasteiger charge is 2.56. The zero-order valence-electron chi connectivity index (χ0n) is 17.5. The van der Waals surface area contributed by atoms with E-state index in [9.17, 15) is 29.5 Å². The molecule has 4 atom stereocenters. The molecular formula is C24H21NO7. The monoisotopic (exact) mass is 435 g/mol. The minimum absolute atomic E-state index is 0.116. The van der Waals surface area contributed by atoms with Crippen LogP contribution in [0.2, 0.25) is 0 Å². The number of carbonyl (C=O) groups excluding carboxylic acids is 4. The van der Waals surface area contributed by atoms with Crippen molar-refractivity contribution in [1.82, 2.24) is 5.06 Å². The molecule has 5 rings (SSSR count). The smallest absolute Gasteiger partial charge is 0.257 e. The number of aromatic hydroxyl groups is 1. The Morgan fingerprint density at radius 3 is 2.56 bits per heavy atom. The van der Waals surface area contributed by atoms with Gasteiger partial charge in [0.05, 0.1) is 18.9 Å². The molecule has 4 unspecified atom stereocenters. The first-order valence-corrected chi connectivity index (χ1v) is 10.4. The number of ketones is 2. The van der Waals surface area contributed by atoms with Crippen molar-refractivity contribution in [3.05, 3.63) is 58.2 Å². The minimum atomic E-state index is -0.827. The fourth-order valence-corrected chi connectivity index (χ4v) is 5.64. The van der Waals surface area contributed by atoms with Crippen molar-refractivity contribution in [2.24, 2.45) is 17.8 Å². The van der Waals surface area contributed by atoms with Crippen molar-refractivity contribution in [2.75, 3.05) is 7.11 Å². The van der Waals surface area contributed by atoms with Gasteiger partial charge in [0.2, 0.25) is 0 Å². The summed E-state index contributed by atoms with van der Waals surface area (Å²) in [5.41, 5.74) is 1.97. The summed E-state index contributed by atoms with van der Waals surface area (Å²) < 4.78 is 5.24. The number of hydroxylamine groups is 2. The number of rotatable bonds is 2. The van der Waals surface area contributed by atoms with Crippen LogP contribution in [0.4, 0.5) is 0 Å². The van der Waals surface area contributed by atoms with Crippen LogP contribution in [-0.2, 0) is 19.2 Å². The molecule has 0 spiro atoms. The van der Waals surface area contributed by atoms with Crippen LogP contribution in [0.15, 0.2) is 52.6 Å². The zero-order chi connectivity index (χ0) is 22.9. The molecule has 0 bridgehead atoms. The van der Waals surface area contributed by atoms with Gasteiger partial charge in [-0.15, -0.1) is 0 Å². The quantitative estimate of drug-likeness (QED) is 0.316. The number of carbonyl (C=O) groups is 4. The minimum Gasteiger partial charge on any atom is -0.504 e. The summed E-state index contributed by atoms with van der Waals surface area (Å²) in [6.45, 7) is 1.58. The number of ether oxygens (including phenoxy) is 1. The van der Waals surface area contributed by atoms with E-state index in [-0.39, 0.29) is 52.1 Å². The van der Waals surface area contributed by atoms with E-state index in [4.69, 9.17) is 4.74 Å². The number of benzene rings is 1. The van der Waals surface area contributed by atoms with E-state index >= 15 is 0 Å². The van der Waals surface area contributed by atoms with Gasteiger partial charge in [-0.25, -0.2) is 0 Å². The maximum Gasteiger partial charge on any atom is 0.257 e. The SMILES string of the molecule is COc1cccc(C2C3=CCC4C(=O)N(O)C(=O)C4C3CC3=C2C(=O)C(C)=CC3=O)c1O. The molecule has 1 aromatic carbocycles. The molecule has 4 aliphatic rings. The molecule has 1 fully saturated rings. The Hall–Kier alpha value is -3.52. The Kier molecular flexibility index (Phi) is 4.46. The van der Waals surface area contributed by atoms with Gasteiger partial charge in [-0.05, 0) is 37.8 Å². The van der Waals surface area contributed by atoms with Crippen molar-refractivity contribution in [2.45, 2.75) is 25.7 Å². The van der Waals surface area contributed by atoms with E-state index in [1.165, 1.54) is 13.2 Å². The number of phenols is 1. The second kappa shape index (κ2) is 7.00. The number of para-hydroxylation sites is 1. The van der Waals surface area contributed by atoms with Gasteiger partial charge < -0.3 is 9.84 Å². The molecule has 1 saturated heterocycles. The summed E-state index contributed by atoms with van der Waals surface area (Å²) in [6.07, 6.45) is 3.44. The first kappa shape index (κ1) is 20.4. The summed E-state index contributed by atoms with van der Waals surface area (Å²) >= 11 is 0. The van der Waals surface area contributed by atoms with Gasteiger partial charge >= 0.3 is 0 Å². The van der Waals surface area contributed by atoms with Gasteiger partial charge in [-0.2, -0.15) is 5.06 Å². The van der Waals surface area contributed by atoms with Crippen molar-refractivity contribution in [3.8, 4) is 11.5 Å². The molecular weight excluding hydrogens is 414 g/mol. The van der Waals surface area contributed by atoms with Crippen LogP contribution in [-0.4, -0.2) is 45.9 Å². The first-order valence-electron chi connectivity index (χ1n) is 10.4. The lowest BCUT2D eigenvalue weighted by molar-refractivity contribution is -0.173. The van der Waals surface area contributed by atoms with Crippen LogP contribution in [0.5, 0.6) is 11.5 Å². The molecule has 0 radical (unpaired) electrons. The van der Waals surface area contributed by atoms with Crippen molar-refractivity contribution in [1.29, 1.82) is 0 Å². The third-order valence-electron chi connectivity index (χ3n) is 7.10. The second-order valence-electron chi connectivity index (χ2n) is 8.62. The molecule has 0 aromatic heterocycles. The third-order valence-corrected chi connectivity index (χ3v) is 7.10. The zero-order valence-corrected chi connectivity index (χ0v) is 17.5. The van der Waals surface area contributed by atoms with E-state index in [2.05, 4.69) is 0 Å². The van der Waals surface area contributed by atoms with E-state index in [1.807, 2.05) is 6.08 Å². The van der Waals surface area contributed by atoms with Crippen molar-refractivity contribution in [3.63, 3.8) is 0 Å². The maximum absolute atomic E-state index is 13.2. The lowest BCUT2D eigenvalue weighted by Gasteiger charge is -2.42. The summed E-state index contributed by atoms with van der Waals surface area (Å²) in [4.78, 5) is 51.3. The van der Waals surface area contributed by atoms with Crippen molar-refractivity contribution >= 4 is 23.4 Å². The molecule has 8 nitrogen and oxygen atoms in total. The van der Waals surface area contributed by atoms with Gasteiger partial charge in [-0.3, -0.25) is 24.4 Å². The fourth-order valence-electron chi connectivity index (χ4n) is 5.64. The van der Waals surface area contributed by atoms with E-state index < -0.39 is 35.5 Å². The molecule has 2 N–H and O–H groups in total. The Morgan fingerprint density at radius 2 is 1.84 bits per heavy atom. The Labute approximate surface area is 183 Å². The number of hydrogen-bond donors (Lipinski definition) is 2. The number of Topliss-reactive ketones (excluding diaryl/α,β-unsaturated/α-hetero) is 1. The number of methoxy groups -OCH3 is 1. The predicted molar refractivity (Wildman–Crippen MR) is 110 cm³/mol. The average Bonchev–Trinajstić information content (AvgIpc) is 3.00. The molecule has 0 saturated carbocycles. The highest BCUT2D eigenvalue weighted by Crippen LogP contribution is 2.56. The second-order valence-corrected chi connectivity index (χ2v) is 8.62. The lowest BCUT2D eigenvalue weighted by atomic mass is 9.59. The van der Waals surface area contributed by atoms with E-state index in [0.29, 0.717) is 16.7 Å². The predicted octanol–water partition coefficient (Wildman–Crippen LogP) is 2.22. The first-order chi connectivity index (χ1) is 15.3. The number of imide groups is 1. The van der Waals surface area contributed by atoms with Crippen LogP contribution < -0.4 is 4.74 Å². The number of allylic oxidation sites excluding steroid dienone is 6. The van der Waals surface area contributed by atoms with E-state index in [0.717, 1.165) is 0 Å². The number of nitrogens with zero attached hydrogens (tertiary/aromatic N) is 1. The number of fused-ring (bicyclic) bond motifs is 3. The molecule has 1 aliphatic heterocycles. The van der Waals surface area contributed by atoms with Gasteiger partial charge in [0.1, 0.15) is 0 Å². The highest BCUT2D eigenvalue weighted by atomic mass is 16.5. The molecule has 1 heterocycles. The van der Waals surface area contributed by atoms with E-state index in [1.54, 1.807) is 25.1 Å². The average molecular weight is 435 g/mol. The normalized spacial score (nSPS) is 29.4. The molecule has 3 aliphatic carbocycles. The number of phenolic OH excluding ortho intramolecular Hbond substituents is 1. The summed E-state index contributed by atoms with van der Waals surface area (Å²) in [5, 5.41) is 21.0. The Balaban J connectivity index is 1.75.